The van der Waals surface area contributed by atoms with E-state index in [0.29, 0.717) is 12.1 Å². The topological polar surface area (TPSA) is 26.1 Å². The summed E-state index contributed by atoms with van der Waals surface area (Å²) < 4.78 is 0. The SMILES string of the molecule is CCCCC1C[N]C(CC)CN1. The van der Waals surface area contributed by atoms with Crippen LogP contribution in [0.4, 0.5) is 0 Å². The highest BCUT2D eigenvalue weighted by atomic mass is 15.1. The summed E-state index contributed by atoms with van der Waals surface area (Å²) in [7, 11) is 0. The summed E-state index contributed by atoms with van der Waals surface area (Å²) in [6, 6.07) is 1.26. The van der Waals surface area contributed by atoms with Crippen molar-refractivity contribution in [2.24, 2.45) is 0 Å². The van der Waals surface area contributed by atoms with Gasteiger partial charge in [0.2, 0.25) is 0 Å². The van der Waals surface area contributed by atoms with Crippen molar-refractivity contribution < 1.29 is 0 Å². The van der Waals surface area contributed by atoms with Crippen LogP contribution in [0.25, 0.3) is 0 Å². The van der Waals surface area contributed by atoms with Gasteiger partial charge in [-0.25, -0.2) is 5.32 Å². The van der Waals surface area contributed by atoms with Gasteiger partial charge in [0.15, 0.2) is 0 Å². The maximum atomic E-state index is 4.62. The minimum absolute atomic E-state index is 0.586. The molecule has 0 amide bonds. The first-order valence-electron chi connectivity index (χ1n) is 5.26. The number of piperazine rings is 1. The zero-order valence-electron chi connectivity index (χ0n) is 8.34. The Bertz CT molecular complexity index is 106. The van der Waals surface area contributed by atoms with E-state index < -0.39 is 0 Å². The van der Waals surface area contributed by atoms with Crippen LogP contribution in [0.5, 0.6) is 0 Å². The highest BCUT2D eigenvalue weighted by molar-refractivity contribution is 4.81. The van der Waals surface area contributed by atoms with Gasteiger partial charge in [-0.3, -0.25) is 0 Å². The molecular weight excluding hydrogens is 148 g/mol. The van der Waals surface area contributed by atoms with Gasteiger partial charge in [-0.1, -0.05) is 26.7 Å². The summed E-state index contributed by atoms with van der Waals surface area (Å²) in [6.45, 7) is 6.60. The number of nitrogens with one attached hydrogen (secondary N) is 1. The summed E-state index contributed by atoms with van der Waals surface area (Å²) in [4.78, 5) is 0. The van der Waals surface area contributed by atoms with E-state index in [1.165, 1.54) is 25.7 Å². The van der Waals surface area contributed by atoms with E-state index in [1.807, 2.05) is 0 Å². The second-order valence-electron chi connectivity index (χ2n) is 3.67. The molecule has 1 heterocycles. The highest BCUT2D eigenvalue weighted by Crippen LogP contribution is 2.05. The van der Waals surface area contributed by atoms with Crippen LogP contribution in [0.2, 0.25) is 0 Å². The first kappa shape index (κ1) is 10.0. The summed E-state index contributed by atoms with van der Waals surface area (Å²) in [5.41, 5.74) is 0. The maximum absolute atomic E-state index is 4.62. The van der Waals surface area contributed by atoms with Gasteiger partial charge in [-0.2, -0.15) is 0 Å². The lowest BCUT2D eigenvalue weighted by Gasteiger charge is -2.29. The van der Waals surface area contributed by atoms with Gasteiger partial charge in [-0.05, 0) is 12.8 Å². The Kier molecular flexibility index (Phi) is 4.62. The minimum Gasteiger partial charge on any atom is -0.311 e. The molecule has 12 heavy (non-hydrogen) atoms. The van der Waals surface area contributed by atoms with Crippen LogP contribution in [0, 0.1) is 0 Å². The van der Waals surface area contributed by atoms with Crippen molar-refractivity contribution in [3.8, 4) is 0 Å². The molecule has 0 aromatic carbocycles. The fourth-order valence-electron chi connectivity index (χ4n) is 1.63. The van der Waals surface area contributed by atoms with Crippen molar-refractivity contribution in [1.29, 1.82) is 0 Å². The molecule has 1 aliphatic rings. The molecule has 1 N–H and O–H groups in total. The van der Waals surface area contributed by atoms with Crippen molar-refractivity contribution in [2.75, 3.05) is 13.1 Å². The Morgan fingerprint density at radius 3 is 2.75 bits per heavy atom. The molecule has 0 aliphatic carbocycles. The molecule has 71 valence electrons. The molecule has 1 saturated heterocycles. The Morgan fingerprint density at radius 2 is 2.25 bits per heavy atom. The highest BCUT2D eigenvalue weighted by Gasteiger charge is 2.18. The molecule has 0 aromatic heterocycles. The zero-order chi connectivity index (χ0) is 8.81. The maximum Gasteiger partial charge on any atom is 0.0368 e. The summed E-state index contributed by atoms with van der Waals surface area (Å²) in [6.07, 6.45) is 5.13. The average molecular weight is 169 g/mol. The smallest absolute Gasteiger partial charge is 0.0368 e. The number of unbranched alkanes of at least 4 members (excludes halogenated alkanes) is 1. The number of rotatable bonds is 4. The molecule has 1 rings (SSSR count). The van der Waals surface area contributed by atoms with Crippen LogP contribution < -0.4 is 10.6 Å². The molecule has 2 nitrogen and oxygen atoms in total. The Hall–Kier alpha value is -0.0800. The normalized spacial score (nSPS) is 30.5. The van der Waals surface area contributed by atoms with Crippen LogP contribution in [0.15, 0.2) is 0 Å². The second kappa shape index (κ2) is 5.55. The molecule has 0 spiro atoms. The summed E-state index contributed by atoms with van der Waals surface area (Å²) in [5.74, 6) is 0. The third kappa shape index (κ3) is 3.11. The third-order valence-corrected chi connectivity index (χ3v) is 2.60. The van der Waals surface area contributed by atoms with Crippen LogP contribution in [0.3, 0.4) is 0 Å². The van der Waals surface area contributed by atoms with Gasteiger partial charge in [-0.15, -0.1) is 0 Å². The monoisotopic (exact) mass is 169 g/mol. The first-order chi connectivity index (χ1) is 5.86. The zero-order valence-corrected chi connectivity index (χ0v) is 8.34. The van der Waals surface area contributed by atoms with Crippen LogP contribution in [0.1, 0.15) is 39.5 Å². The molecule has 2 heteroatoms. The lowest BCUT2D eigenvalue weighted by atomic mass is 10.1. The van der Waals surface area contributed by atoms with E-state index in [4.69, 9.17) is 0 Å². The van der Waals surface area contributed by atoms with Crippen LogP contribution >= 0.6 is 0 Å². The molecule has 0 bridgehead atoms. The molecule has 1 aliphatic heterocycles. The van der Waals surface area contributed by atoms with Crippen molar-refractivity contribution >= 4 is 0 Å². The minimum atomic E-state index is 0.586. The predicted octanol–water partition coefficient (Wildman–Crippen LogP) is 1.53. The molecular formula is C10H21N2. The van der Waals surface area contributed by atoms with Gasteiger partial charge in [0.1, 0.15) is 0 Å². The van der Waals surface area contributed by atoms with Gasteiger partial charge in [0.05, 0.1) is 0 Å². The van der Waals surface area contributed by atoms with Crippen molar-refractivity contribution in [3.05, 3.63) is 0 Å². The third-order valence-electron chi connectivity index (χ3n) is 2.60. The van der Waals surface area contributed by atoms with Crippen molar-refractivity contribution in [3.63, 3.8) is 0 Å². The second-order valence-corrected chi connectivity index (χ2v) is 3.67. The molecule has 0 aromatic rings. The molecule has 0 saturated carbocycles. The van der Waals surface area contributed by atoms with E-state index in [1.54, 1.807) is 0 Å². The van der Waals surface area contributed by atoms with E-state index >= 15 is 0 Å². The van der Waals surface area contributed by atoms with Crippen LogP contribution in [-0.4, -0.2) is 25.2 Å². The van der Waals surface area contributed by atoms with Gasteiger partial charge >= 0.3 is 0 Å². The lowest BCUT2D eigenvalue weighted by molar-refractivity contribution is 0.318. The van der Waals surface area contributed by atoms with Gasteiger partial charge in [0, 0.05) is 25.2 Å². The fraction of sp³-hybridized carbons (Fsp3) is 1.00. The van der Waals surface area contributed by atoms with Crippen LogP contribution in [-0.2, 0) is 0 Å². The largest absolute Gasteiger partial charge is 0.311 e. The van der Waals surface area contributed by atoms with Gasteiger partial charge < -0.3 is 5.32 Å². The summed E-state index contributed by atoms with van der Waals surface area (Å²) >= 11 is 0. The summed E-state index contributed by atoms with van der Waals surface area (Å²) in [5, 5.41) is 8.18. The van der Waals surface area contributed by atoms with E-state index in [-0.39, 0.29) is 0 Å². The fourth-order valence-corrected chi connectivity index (χ4v) is 1.63. The van der Waals surface area contributed by atoms with E-state index in [2.05, 4.69) is 24.5 Å². The molecule has 2 atom stereocenters. The average Bonchev–Trinajstić information content (AvgIpc) is 2.15. The van der Waals surface area contributed by atoms with Gasteiger partial charge in [0.25, 0.3) is 0 Å². The number of hydrogen-bond acceptors (Lipinski definition) is 1. The Balaban J connectivity index is 2.09. The standard InChI is InChI=1S/C10H21N2/c1-3-5-6-10-8-11-9(4-2)7-12-10/h9-10,12H,3-8H2,1-2H3. The number of hydrogen-bond donors (Lipinski definition) is 1. The Labute approximate surface area is 76.1 Å². The first-order valence-corrected chi connectivity index (χ1v) is 5.26. The lowest BCUT2D eigenvalue weighted by Crippen LogP contribution is -2.50. The molecule has 1 radical (unpaired) electrons. The van der Waals surface area contributed by atoms with Crippen molar-refractivity contribution in [1.82, 2.24) is 10.6 Å². The van der Waals surface area contributed by atoms with E-state index in [9.17, 15) is 0 Å². The number of nitrogens with zero attached hydrogens (tertiary/aromatic N) is 1. The Morgan fingerprint density at radius 1 is 1.42 bits per heavy atom. The quantitative estimate of drug-likeness (QED) is 0.678. The van der Waals surface area contributed by atoms with Crippen molar-refractivity contribution in [2.45, 2.75) is 51.6 Å². The molecule has 1 fully saturated rings. The van der Waals surface area contributed by atoms with E-state index in [0.717, 1.165) is 13.1 Å². The molecule has 2 unspecified atom stereocenters. The predicted molar refractivity (Wildman–Crippen MR) is 52.4 cm³/mol.